The lowest BCUT2D eigenvalue weighted by Gasteiger charge is -2.14. The van der Waals surface area contributed by atoms with E-state index in [1.807, 2.05) is 13.0 Å². The van der Waals surface area contributed by atoms with E-state index < -0.39 is 9.84 Å². The van der Waals surface area contributed by atoms with Gasteiger partial charge < -0.3 is 10.1 Å². The van der Waals surface area contributed by atoms with Gasteiger partial charge in [-0.15, -0.1) is 0 Å². The number of nitrogens with zero attached hydrogens (tertiary/aromatic N) is 1. The van der Waals surface area contributed by atoms with Gasteiger partial charge >= 0.3 is 0 Å². The molecular weight excluding hydrogens is 288 g/mol. The third kappa shape index (κ3) is 4.27. The summed E-state index contributed by atoms with van der Waals surface area (Å²) < 4.78 is 29.8. The first-order valence-electron chi connectivity index (χ1n) is 7.08. The molecule has 1 aliphatic rings. The van der Waals surface area contributed by atoms with Crippen LogP contribution in [-0.2, 0) is 14.6 Å². The summed E-state index contributed by atoms with van der Waals surface area (Å²) in [6.45, 7) is 4.01. The van der Waals surface area contributed by atoms with Crippen LogP contribution in [0.15, 0.2) is 29.2 Å². The Morgan fingerprint density at radius 2 is 2.29 bits per heavy atom. The SMILES string of the molecule is CC1OCCC1CNCCS(=O)(=O)c1cccc(C#N)c1. The summed E-state index contributed by atoms with van der Waals surface area (Å²) in [6, 6.07) is 8.09. The highest BCUT2D eigenvalue weighted by molar-refractivity contribution is 7.91. The first-order valence-corrected chi connectivity index (χ1v) is 8.73. The van der Waals surface area contributed by atoms with Crippen LogP contribution in [0.1, 0.15) is 18.9 Å². The molecule has 0 radical (unpaired) electrons. The number of hydrogen-bond acceptors (Lipinski definition) is 5. The van der Waals surface area contributed by atoms with Crippen molar-refractivity contribution in [1.82, 2.24) is 5.32 Å². The standard InChI is InChI=1S/C15H20N2O3S/c1-12-14(5-7-20-12)11-17-6-8-21(18,19)15-4-2-3-13(9-15)10-16/h2-4,9,12,14,17H,5-8,11H2,1H3. The second-order valence-electron chi connectivity index (χ2n) is 5.29. The van der Waals surface area contributed by atoms with Crippen LogP contribution in [0.5, 0.6) is 0 Å². The summed E-state index contributed by atoms with van der Waals surface area (Å²) >= 11 is 0. The molecule has 1 saturated heterocycles. The molecule has 6 heteroatoms. The summed E-state index contributed by atoms with van der Waals surface area (Å²) in [7, 11) is -3.35. The Kier molecular flexibility index (Phi) is 5.34. The molecule has 1 fully saturated rings. The van der Waals surface area contributed by atoms with Crippen LogP contribution in [-0.4, -0.2) is 40.0 Å². The predicted octanol–water partition coefficient (Wildman–Crippen LogP) is 1.35. The number of hydrogen-bond donors (Lipinski definition) is 1. The minimum absolute atomic E-state index is 0.0316. The molecule has 2 atom stereocenters. The maximum absolute atomic E-state index is 12.2. The van der Waals surface area contributed by atoms with Gasteiger partial charge in [-0.1, -0.05) is 6.07 Å². The van der Waals surface area contributed by atoms with Crippen LogP contribution in [0.2, 0.25) is 0 Å². The molecular formula is C15H20N2O3S. The first-order chi connectivity index (χ1) is 10.0. The van der Waals surface area contributed by atoms with Gasteiger partial charge in [-0.05, 0) is 37.5 Å². The molecule has 0 saturated carbocycles. The largest absolute Gasteiger partial charge is 0.378 e. The van der Waals surface area contributed by atoms with E-state index in [4.69, 9.17) is 10.00 Å². The number of nitriles is 1. The molecule has 0 spiro atoms. The monoisotopic (exact) mass is 308 g/mol. The molecule has 5 nitrogen and oxygen atoms in total. The minimum atomic E-state index is -3.35. The first kappa shape index (κ1) is 16.0. The third-order valence-electron chi connectivity index (χ3n) is 3.81. The Hall–Kier alpha value is -1.42. The van der Waals surface area contributed by atoms with E-state index in [0.29, 0.717) is 18.0 Å². The molecule has 0 amide bonds. The molecule has 21 heavy (non-hydrogen) atoms. The highest BCUT2D eigenvalue weighted by Gasteiger charge is 2.23. The zero-order valence-corrected chi connectivity index (χ0v) is 12.9. The van der Waals surface area contributed by atoms with Gasteiger partial charge in [-0.25, -0.2) is 8.42 Å². The van der Waals surface area contributed by atoms with Crippen LogP contribution in [0.3, 0.4) is 0 Å². The summed E-state index contributed by atoms with van der Waals surface area (Å²) in [4.78, 5) is 0.209. The fourth-order valence-corrected chi connectivity index (χ4v) is 3.66. The van der Waals surface area contributed by atoms with Gasteiger partial charge in [-0.2, -0.15) is 5.26 Å². The zero-order valence-electron chi connectivity index (χ0n) is 12.1. The highest BCUT2D eigenvalue weighted by atomic mass is 32.2. The van der Waals surface area contributed by atoms with E-state index >= 15 is 0 Å². The second kappa shape index (κ2) is 7.03. The average Bonchev–Trinajstić information content (AvgIpc) is 2.89. The molecule has 1 aliphatic heterocycles. The van der Waals surface area contributed by atoms with Crippen molar-refractivity contribution in [2.45, 2.75) is 24.3 Å². The van der Waals surface area contributed by atoms with E-state index in [9.17, 15) is 8.42 Å². The number of sulfone groups is 1. The van der Waals surface area contributed by atoms with Crippen molar-refractivity contribution in [2.24, 2.45) is 5.92 Å². The Morgan fingerprint density at radius 1 is 1.48 bits per heavy atom. The smallest absolute Gasteiger partial charge is 0.179 e. The molecule has 2 rings (SSSR count). The van der Waals surface area contributed by atoms with Gasteiger partial charge in [0.2, 0.25) is 0 Å². The molecule has 114 valence electrons. The molecule has 0 bridgehead atoms. The number of nitrogens with one attached hydrogen (secondary N) is 1. The number of ether oxygens (including phenoxy) is 1. The van der Waals surface area contributed by atoms with E-state index in [0.717, 1.165) is 19.6 Å². The molecule has 0 aliphatic carbocycles. The van der Waals surface area contributed by atoms with Crippen molar-refractivity contribution < 1.29 is 13.2 Å². The lowest BCUT2D eigenvalue weighted by atomic mass is 10.0. The quantitative estimate of drug-likeness (QED) is 0.802. The topological polar surface area (TPSA) is 79.2 Å². The Morgan fingerprint density at radius 3 is 2.95 bits per heavy atom. The highest BCUT2D eigenvalue weighted by Crippen LogP contribution is 2.19. The fraction of sp³-hybridized carbons (Fsp3) is 0.533. The van der Waals surface area contributed by atoms with E-state index in [2.05, 4.69) is 5.32 Å². The molecule has 1 heterocycles. The van der Waals surface area contributed by atoms with Crippen molar-refractivity contribution in [2.75, 3.05) is 25.4 Å². The maximum Gasteiger partial charge on any atom is 0.179 e. The molecule has 1 aromatic rings. The van der Waals surface area contributed by atoms with Crippen molar-refractivity contribution >= 4 is 9.84 Å². The lowest BCUT2D eigenvalue weighted by Crippen LogP contribution is -2.30. The molecule has 1 aromatic carbocycles. The van der Waals surface area contributed by atoms with Gasteiger partial charge in [0.1, 0.15) is 0 Å². The summed E-state index contributed by atoms with van der Waals surface area (Å²) in [5, 5.41) is 12.0. The van der Waals surface area contributed by atoms with Crippen LogP contribution in [0.25, 0.3) is 0 Å². The predicted molar refractivity (Wildman–Crippen MR) is 79.6 cm³/mol. The summed E-state index contributed by atoms with van der Waals surface area (Å²) in [6.07, 6.45) is 1.26. The zero-order chi connectivity index (χ0) is 15.3. The van der Waals surface area contributed by atoms with Crippen molar-refractivity contribution in [3.63, 3.8) is 0 Å². The van der Waals surface area contributed by atoms with Crippen molar-refractivity contribution in [3.8, 4) is 6.07 Å². The van der Waals surface area contributed by atoms with Crippen LogP contribution < -0.4 is 5.32 Å². The maximum atomic E-state index is 12.2. The van der Waals surface area contributed by atoms with Gasteiger partial charge in [-0.3, -0.25) is 0 Å². The van der Waals surface area contributed by atoms with Gasteiger partial charge in [0, 0.05) is 19.7 Å². The molecule has 1 N–H and O–H groups in total. The van der Waals surface area contributed by atoms with Crippen LogP contribution >= 0.6 is 0 Å². The Labute approximate surface area is 125 Å². The second-order valence-corrected chi connectivity index (χ2v) is 7.40. The summed E-state index contributed by atoms with van der Waals surface area (Å²) in [5.74, 6) is 0.485. The van der Waals surface area contributed by atoms with E-state index in [-0.39, 0.29) is 16.8 Å². The van der Waals surface area contributed by atoms with E-state index in [1.54, 1.807) is 12.1 Å². The van der Waals surface area contributed by atoms with Gasteiger partial charge in [0.25, 0.3) is 0 Å². The van der Waals surface area contributed by atoms with Gasteiger partial charge in [0.05, 0.1) is 28.4 Å². The van der Waals surface area contributed by atoms with Crippen LogP contribution in [0.4, 0.5) is 0 Å². The van der Waals surface area contributed by atoms with E-state index in [1.165, 1.54) is 12.1 Å². The summed E-state index contributed by atoms with van der Waals surface area (Å²) in [5.41, 5.74) is 0.362. The van der Waals surface area contributed by atoms with Crippen molar-refractivity contribution in [1.29, 1.82) is 5.26 Å². The minimum Gasteiger partial charge on any atom is -0.378 e. The normalized spacial score (nSPS) is 22.1. The third-order valence-corrected chi connectivity index (χ3v) is 5.52. The fourth-order valence-electron chi connectivity index (χ4n) is 2.42. The molecule has 0 aromatic heterocycles. The Bertz CT molecular complexity index is 622. The average molecular weight is 308 g/mol. The molecule has 2 unspecified atom stereocenters. The Balaban J connectivity index is 1.85. The van der Waals surface area contributed by atoms with Gasteiger partial charge in [0.15, 0.2) is 9.84 Å². The number of rotatable bonds is 6. The lowest BCUT2D eigenvalue weighted by molar-refractivity contribution is 0.106. The van der Waals surface area contributed by atoms with Crippen LogP contribution in [0, 0.1) is 17.2 Å². The van der Waals surface area contributed by atoms with Crippen molar-refractivity contribution in [3.05, 3.63) is 29.8 Å². The number of benzene rings is 1.